The molecule has 1 atom stereocenters. The highest BCUT2D eigenvalue weighted by atomic mass is 19.4. The van der Waals surface area contributed by atoms with E-state index >= 15 is 0 Å². The van der Waals surface area contributed by atoms with Gasteiger partial charge in [-0.05, 0) is 90.9 Å². The molecule has 8 heteroatoms. The number of nitrogens with one attached hydrogen (secondary N) is 1. The van der Waals surface area contributed by atoms with E-state index in [4.69, 9.17) is 9.84 Å². The van der Waals surface area contributed by atoms with E-state index in [1.165, 1.54) is 12.1 Å². The summed E-state index contributed by atoms with van der Waals surface area (Å²) in [5.74, 6) is -0.581. The molecule has 0 saturated heterocycles. The van der Waals surface area contributed by atoms with Gasteiger partial charge in [-0.25, -0.2) is 0 Å². The average Bonchev–Trinajstić information content (AvgIpc) is 2.91. The second kappa shape index (κ2) is 14.0. The fraction of sp³-hybridized carbons (Fsp3) is 0.375. The van der Waals surface area contributed by atoms with Gasteiger partial charge in [0.2, 0.25) is 0 Å². The maximum Gasteiger partial charge on any atom is 0.416 e. The maximum absolute atomic E-state index is 13.0. The van der Waals surface area contributed by atoms with Crippen LogP contribution in [-0.4, -0.2) is 23.5 Å². The van der Waals surface area contributed by atoms with Crippen LogP contribution in [-0.2, 0) is 11.0 Å². The van der Waals surface area contributed by atoms with Crippen molar-refractivity contribution < 1.29 is 32.6 Å². The van der Waals surface area contributed by atoms with Gasteiger partial charge in [0.1, 0.15) is 11.9 Å². The molecule has 3 rings (SSSR count). The van der Waals surface area contributed by atoms with Gasteiger partial charge in [-0.15, -0.1) is 0 Å². The van der Waals surface area contributed by atoms with Crippen molar-refractivity contribution in [3.05, 3.63) is 88.5 Å². The Labute approximate surface area is 233 Å². The Balaban J connectivity index is 1.81. The molecule has 1 unspecified atom stereocenters. The molecule has 3 aromatic rings. The number of halogens is 3. The number of unbranched alkanes of at least 4 members (excludes halogenated alkanes) is 3. The number of hydrogen-bond acceptors (Lipinski definition) is 3. The van der Waals surface area contributed by atoms with E-state index in [-0.39, 0.29) is 25.0 Å². The summed E-state index contributed by atoms with van der Waals surface area (Å²) in [6.45, 7) is 6.06. The number of rotatable bonds is 13. The Hall–Kier alpha value is -3.81. The van der Waals surface area contributed by atoms with Gasteiger partial charge >= 0.3 is 12.1 Å². The van der Waals surface area contributed by atoms with Crippen molar-refractivity contribution in [3.8, 4) is 16.9 Å². The highest BCUT2D eigenvalue weighted by Crippen LogP contribution is 2.36. The Morgan fingerprint density at radius 1 is 0.900 bits per heavy atom. The minimum Gasteiger partial charge on any atom is -0.485 e. The SMILES string of the molecule is CCCCCCC(Oc1c(C)cc(-c2ccc(C(F)(F)F)cc2)cc1C)c1ccc(C(=O)NCCC(=O)O)cc1. The van der Waals surface area contributed by atoms with E-state index in [1.807, 2.05) is 38.1 Å². The van der Waals surface area contributed by atoms with Gasteiger partial charge in [0, 0.05) is 12.1 Å². The smallest absolute Gasteiger partial charge is 0.416 e. The number of ether oxygens (including phenoxy) is 1. The summed E-state index contributed by atoms with van der Waals surface area (Å²) < 4.78 is 45.5. The van der Waals surface area contributed by atoms with Crippen LogP contribution in [0.1, 0.15) is 84.2 Å². The third-order valence-corrected chi connectivity index (χ3v) is 6.75. The molecule has 0 spiro atoms. The molecule has 0 bridgehead atoms. The summed E-state index contributed by atoms with van der Waals surface area (Å²) in [5, 5.41) is 11.4. The molecule has 0 fully saturated rings. The summed E-state index contributed by atoms with van der Waals surface area (Å²) in [5.41, 5.74) is 3.94. The number of aliphatic carboxylic acids is 1. The number of carbonyl (C=O) groups is 2. The monoisotopic (exact) mass is 555 g/mol. The molecule has 3 aromatic carbocycles. The Kier molecular flexibility index (Phi) is 10.8. The van der Waals surface area contributed by atoms with Crippen LogP contribution in [0.5, 0.6) is 5.75 Å². The third-order valence-electron chi connectivity index (χ3n) is 6.75. The number of amides is 1. The van der Waals surface area contributed by atoms with Crippen LogP contribution < -0.4 is 10.1 Å². The summed E-state index contributed by atoms with van der Waals surface area (Å²) in [7, 11) is 0. The van der Waals surface area contributed by atoms with Crippen molar-refractivity contribution in [2.45, 2.75) is 71.6 Å². The number of benzene rings is 3. The van der Waals surface area contributed by atoms with Crippen LogP contribution >= 0.6 is 0 Å². The van der Waals surface area contributed by atoms with E-state index in [0.717, 1.165) is 72.2 Å². The molecule has 0 aliphatic carbocycles. The lowest BCUT2D eigenvalue weighted by molar-refractivity contribution is -0.138. The van der Waals surface area contributed by atoms with Crippen LogP contribution in [0.25, 0.3) is 11.1 Å². The van der Waals surface area contributed by atoms with Crippen LogP contribution in [0.3, 0.4) is 0 Å². The Morgan fingerprint density at radius 2 is 1.52 bits per heavy atom. The van der Waals surface area contributed by atoms with E-state index in [9.17, 15) is 22.8 Å². The molecule has 1 amide bonds. The van der Waals surface area contributed by atoms with E-state index in [0.29, 0.717) is 11.1 Å². The number of carbonyl (C=O) groups excluding carboxylic acids is 1. The molecule has 0 aromatic heterocycles. The molecule has 0 aliphatic heterocycles. The van der Waals surface area contributed by atoms with Gasteiger partial charge < -0.3 is 15.2 Å². The molecular weight excluding hydrogens is 519 g/mol. The molecule has 5 nitrogen and oxygen atoms in total. The first-order chi connectivity index (χ1) is 19.0. The summed E-state index contributed by atoms with van der Waals surface area (Å²) in [6.07, 6.45) is 0.287. The van der Waals surface area contributed by atoms with Crippen LogP contribution in [0.4, 0.5) is 13.2 Å². The number of alkyl halides is 3. The first-order valence-electron chi connectivity index (χ1n) is 13.5. The van der Waals surface area contributed by atoms with Crippen molar-refractivity contribution >= 4 is 11.9 Å². The topological polar surface area (TPSA) is 75.6 Å². The maximum atomic E-state index is 13.0. The van der Waals surface area contributed by atoms with Gasteiger partial charge in [0.25, 0.3) is 5.91 Å². The summed E-state index contributed by atoms with van der Waals surface area (Å²) >= 11 is 0. The van der Waals surface area contributed by atoms with E-state index in [1.54, 1.807) is 12.1 Å². The van der Waals surface area contributed by atoms with Gasteiger partial charge in [-0.2, -0.15) is 13.2 Å². The largest absolute Gasteiger partial charge is 0.485 e. The highest BCUT2D eigenvalue weighted by Gasteiger charge is 2.30. The number of aryl methyl sites for hydroxylation is 2. The lowest BCUT2D eigenvalue weighted by Gasteiger charge is -2.23. The lowest BCUT2D eigenvalue weighted by atomic mass is 9.97. The number of carboxylic acids is 1. The molecule has 0 saturated carbocycles. The lowest BCUT2D eigenvalue weighted by Crippen LogP contribution is -2.26. The van der Waals surface area contributed by atoms with Crippen LogP contribution in [0, 0.1) is 13.8 Å². The normalized spacial score (nSPS) is 12.2. The van der Waals surface area contributed by atoms with E-state index < -0.39 is 17.7 Å². The van der Waals surface area contributed by atoms with Crippen molar-refractivity contribution in [1.29, 1.82) is 0 Å². The Morgan fingerprint density at radius 3 is 2.08 bits per heavy atom. The van der Waals surface area contributed by atoms with Crippen LogP contribution in [0.15, 0.2) is 60.7 Å². The average molecular weight is 556 g/mol. The second-order valence-electron chi connectivity index (χ2n) is 9.99. The fourth-order valence-electron chi connectivity index (χ4n) is 4.58. The highest BCUT2D eigenvalue weighted by molar-refractivity contribution is 5.94. The minimum atomic E-state index is -4.38. The summed E-state index contributed by atoms with van der Waals surface area (Å²) in [4.78, 5) is 23.1. The third kappa shape index (κ3) is 8.60. The van der Waals surface area contributed by atoms with Crippen molar-refractivity contribution in [3.63, 3.8) is 0 Å². The predicted molar refractivity (Wildman–Crippen MR) is 150 cm³/mol. The molecule has 0 radical (unpaired) electrons. The first-order valence-corrected chi connectivity index (χ1v) is 13.5. The van der Waals surface area contributed by atoms with Gasteiger partial charge in [-0.3, -0.25) is 9.59 Å². The molecule has 2 N–H and O–H groups in total. The molecule has 40 heavy (non-hydrogen) atoms. The fourth-order valence-corrected chi connectivity index (χ4v) is 4.58. The van der Waals surface area contributed by atoms with Gasteiger partial charge in [0.05, 0.1) is 12.0 Å². The molecule has 214 valence electrons. The zero-order valence-corrected chi connectivity index (χ0v) is 23.1. The number of hydrogen-bond donors (Lipinski definition) is 2. The standard InChI is InChI=1S/C32H36F3NO4/c1-4-5-6-7-8-28(24-9-11-25(12-10-24)31(39)36-18-17-29(37)38)40-30-21(2)19-26(20-22(30)3)23-13-15-27(16-14-23)32(33,34)35/h9-16,19-20,28H,4-8,17-18H2,1-3H3,(H,36,39)(H,37,38). The van der Waals surface area contributed by atoms with Gasteiger partial charge in [0.15, 0.2) is 0 Å². The molecule has 0 heterocycles. The van der Waals surface area contributed by atoms with Crippen LogP contribution in [0.2, 0.25) is 0 Å². The molecule has 0 aliphatic rings. The summed E-state index contributed by atoms with van der Waals surface area (Å²) in [6, 6.07) is 16.1. The minimum absolute atomic E-state index is 0.0557. The first kappa shape index (κ1) is 30.7. The number of carboxylic acid groups (broad SMARTS) is 1. The van der Waals surface area contributed by atoms with Crippen molar-refractivity contribution in [2.75, 3.05) is 6.54 Å². The molecular formula is C32H36F3NO4. The zero-order chi connectivity index (χ0) is 29.3. The quantitative estimate of drug-likeness (QED) is 0.208. The predicted octanol–water partition coefficient (Wildman–Crippen LogP) is 8.28. The van der Waals surface area contributed by atoms with Crippen molar-refractivity contribution in [1.82, 2.24) is 5.32 Å². The van der Waals surface area contributed by atoms with E-state index in [2.05, 4.69) is 12.2 Å². The zero-order valence-electron chi connectivity index (χ0n) is 23.1. The Bertz CT molecular complexity index is 1260. The second-order valence-corrected chi connectivity index (χ2v) is 9.99. The van der Waals surface area contributed by atoms with Gasteiger partial charge in [-0.1, -0.05) is 50.5 Å². The van der Waals surface area contributed by atoms with Crippen molar-refractivity contribution in [2.24, 2.45) is 0 Å².